The second kappa shape index (κ2) is 6.89. The molecule has 2 N–H and O–H groups in total. The van der Waals surface area contributed by atoms with Crippen LogP contribution in [0.3, 0.4) is 0 Å². The molecule has 0 fully saturated rings. The highest BCUT2D eigenvalue weighted by Gasteiger charge is 2.25. The fourth-order valence-electron chi connectivity index (χ4n) is 3.59. The van der Waals surface area contributed by atoms with Gasteiger partial charge < -0.3 is 10.5 Å². The Balaban J connectivity index is 2.10. The number of fused-ring (bicyclic) bond motifs is 2. The van der Waals surface area contributed by atoms with Crippen LogP contribution in [0.15, 0.2) is 30.3 Å². The largest absolute Gasteiger partial charge is 0.497 e. The van der Waals surface area contributed by atoms with Gasteiger partial charge in [-0.05, 0) is 79.1 Å². The summed E-state index contributed by atoms with van der Waals surface area (Å²) in [6.07, 6.45) is 3.13. The number of ether oxygens (including phenoxy) is 1. The van der Waals surface area contributed by atoms with Crippen molar-refractivity contribution in [3.05, 3.63) is 64.2 Å². The van der Waals surface area contributed by atoms with Crippen LogP contribution in [-0.2, 0) is 12.8 Å². The molecule has 1 aliphatic carbocycles. The number of hydrogen-bond acceptors (Lipinski definition) is 2. The van der Waals surface area contributed by atoms with Gasteiger partial charge >= 0.3 is 0 Å². The standard InChI is InChI=1S/C20H23F2NO/c1-12(23)3-7-17-16-8-6-15(24-2)9-13(16)4-5-14-10-19(21)20(22)11-18(14)17/h6,8-12,17H,3-5,7,23H2,1-2H3. The second-order valence-corrected chi connectivity index (χ2v) is 6.64. The normalized spacial score (nSPS) is 17.6. The third kappa shape index (κ3) is 3.29. The quantitative estimate of drug-likeness (QED) is 0.905. The molecule has 1 aliphatic rings. The molecule has 0 spiro atoms. The summed E-state index contributed by atoms with van der Waals surface area (Å²) < 4.78 is 32.9. The molecule has 0 saturated heterocycles. The van der Waals surface area contributed by atoms with Gasteiger partial charge in [-0.3, -0.25) is 0 Å². The monoisotopic (exact) mass is 331 g/mol. The van der Waals surface area contributed by atoms with Gasteiger partial charge in [0.25, 0.3) is 0 Å². The molecular weight excluding hydrogens is 308 g/mol. The van der Waals surface area contributed by atoms with E-state index in [1.54, 1.807) is 7.11 Å². The van der Waals surface area contributed by atoms with Crippen LogP contribution in [0.25, 0.3) is 0 Å². The average Bonchev–Trinajstić information content (AvgIpc) is 2.70. The topological polar surface area (TPSA) is 35.2 Å². The Labute approximate surface area is 141 Å². The Bertz CT molecular complexity index is 743. The lowest BCUT2D eigenvalue weighted by molar-refractivity contribution is 0.414. The molecule has 0 bridgehead atoms. The van der Waals surface area contributed by atoms with Crippen molar-refractivity contribution in [2.45, 2.75) is 44.6 Å². The van der Waals surface area contributed by atoms with E-state index in [0.717, 1.165) is 36.1 Å². The maximum atomic E-state index is 13.9. The van der Waals surface area contributed by atoms with Gasteiger partial charge in [0.2, 0.25) is 0 Å². The predicted molar refractivity (Wildman–Crippen MR) is 91.5 cm³/mol. The molecule has 0 heterocycles. The minimum atomic E-state index is -0.781. The first-order valence-electron chi connectivity index (χ1n) is 8.39. The number of nitrogens with two attached hydrogens (primary N) is 1. The molecule has 2 nitrogen and oxygen atoms in total. The van der Waals surface area contributed by atoms with Gasteiger partial charge in [0, 0.05) is 12.0 Å². The van der Waals surface area contributed by atoms with Crippen LogP contribution in [0, 0.1) is 11.6 Å². The third-order valence-electron chi connectivity index (χ3n) is 4.86. The van der Waals surface area contributed by atoms with Crippen LogP contribution in [0.4, 0.5) is 8.78 Å². The van der Waals surface area contributed by atoms with Crippen molar-refractivity contribution in [3.63, 3.8) is 0 Å². The van der Waals surface area contributed by atoms with Crippen LogP contribution in [0.2, 0.25) is 0 Å². The van der Waals surface area contributed by atoms with Crippen LogP contribution in [0.5, 0.6) is 5.75 Å². The first-order valence-corrected chi connectivity index (χ1v) is 8.39. The molecule has 24 heavy (non-hydrogen) atoms. The Morgan fingerprint density at radius 1 is 1.08 bits per heavy atom. The van der Waals surface area contributed by atoms with Crippen molar-refractivity contribution in [1.82, 2.24) is 0 Å². The fourth-order valence-corrected chi connectivity index (χ4v) is 3.59. The van der Waals surface area contributed by atoms with Gasteiger partial charge in [0.05, 0.1) is 7.11 Å². The number of aryl methyl sites for hydroxylation is 2. The van der Waals surface area contributed by atoms with Gasteiger partial charge in [0.15, 0.2) is 11.6 Å². The predicted octanol–water partition coefficient (Wildman–Crippen LogP) is 4.33. The van der Waals surface area contributed by atoms with Crippen LogP contribution in [-0.4, -0.2) is 13.2 Å². The third-order valence-corrected chi connectivity index (χ3v) is 4.86. The highest BCUT2D eigenvalue weighted by atomic mass is 19.2. The minimum Gasteiger partial charge on any atom is -0.497 e. The molecule has 4 heteroatoms. The van der Waals surface area contributed by atoms with Crippen LogP contribution < -0.4 is 10.5 Å². The van der Waals surface area contributed by atoms with Crippen molar-refractivity contribution in [1.29, 1.82) is 0 Å². The van der Waals surface area contributed by atoms with E-state index in [2.05, 4.69) is 6.07 Å². The summed E-state index contributed by atoms with van der Waals surface area (Å²) in [5.41, 5.74) is 10.1. The average molecular weight is 331 g/mol. The zero-order chi connectivity index (χ0) is 17.3. The molecule has 0 amide bonds. The zero-order valence-electron chi connectivity index (χ0n) is 14.1. The Kier molecular flexibility index (Phi) is 4.86. The van der Waals surface area contributed by atoms with E-state index in [-0.39, 0.29) is 12.0 Å². The van der Waals surface area contributed by atoms with E-state index in [4.69, 9.17) is 10.5 Å². The van der Waals surface area contributed by atoms with E-state index >= 15 is 0 Å². The summed E-state index contributed by atoms with van der Waals surface area (Å²) in [5, 5.41) is 0. The smallest absolute Gasteiger partial charge is 0.159 e. The van der Waals surface area contributed by atoms with E-state index in [9.17, 15) is 8.78 Å². The van der Waals surface area contributed by atoms with E-state index in [0.29, 0.717) is 6.42 Å². The van der Waals surface area contributed by atoms with Gasteiger partial charge in [-0.1, -0.05) is 6.07 Å². The zero-order valence-corrected chi connectivity index (χ0v) is 14.1. The van der Waals surface area contributed by atoms with Gasteiger partial charge in [0.1, 0.15) is 5.75 Å². The Morgan fingerprint density at radius 2 is 1.75 bits per heavy atom. The van der Waals surface area contributed by atoms with Gasteiger partial charge in [-0.2, -0.15) is 0 Å². The molecule has 2 aromatic carbocycles. The van der Waals surface area contributed by atoms with Crippen molar-refractivity contribution < 1.29 is 13.5 Å². The molecule has 2 aromatic rings. The molecule has 2 unspecified atom stereocenters. The summed E-state index contributed by atoms with van der Waals surface area (Å²) in [5.74, 6) is -0.716. The van der Waals surface area contributed by atoms with Crippen molar-refractivity contribution in [2.24, 2.45) is 5.73 Å². The lowest BCUT2D eigenvalue weighted by atomic mass is 9.84. The molecule has 128 valence electrons. The number of hydrogen-bond donors (Lipinski definition) is 1. The Hall–Kier alpha value is -1.94. The van der Waals surface area contributed by atoms with E-state index in [1.165, 1.54) is 23.3 Å². The van der Waals surface area contributed by atoms with E-state index in [1.807, 2.05) is 19.1 Å². The second-order valence-electron chi connectivity index (χ2n) is 6.64. The lowest BCUT2D eigenvalue weighted by Gasteiger charge is -2.22. The molecule has 2 atom stereocenters. The number of methoxy groups -OCH3 is 1. The maximum absolute atomic E-state index is 13.9. The lowest BCUT2D eigenvalue weighted by Crippen LogP contribution is -2.17. The maximum Gasteiger partial charge on any atom is 0.159 e. The minimum absolute atomic E-state index is 0.0320. The molecule has 0 saturated carbocycles. The fraction of sp³-hybridized carbons (Fsp3) is 0.400. The molecule has 0 aromatic heterocycles. The molecule has 0 radical (unpaired) electrons. The molecular formula is C20H23F2NO. The van der Waals surface area contributed by atoms with Gasteiger partial charge in [-0.15, -0.1) is 0 Å². The molecule has 0 aliphatic heterocycles. The summed E-state index contributed by atoms with van der Waals surface area (Å²) >= 11 is 0. The molecule has 3 rings (SSSR count). The van der Waals surface area contributed by atoms with Crippen LogP contribution in [0.1, 0.15) is 47.9 Å². The SMILES string of the molecule is COc1ccc2c(c1)CCc1cc(F)c(F)cc1C2CCC(C)N. The van der Waals surface area contributed by atoms with Crippen molar-refractivity contribution in [3.8, 4) is 5.75 Å². The number of halogens is 2. The van der Waals surface area contributed by atoms with Crippen molar-refractivity contribution in [2.75, 3.05) is 7.11 Å². The van der Waals surface area contributed by atoms with Gasteiger partial charge in [-0.25, -0.2) is 8.78 Å². The van der Waals surface area contributed by atoms with Crippen molar-refractivity contribution >= 4 is 0 Å². The first-order chi connectivity index (χ1) is 11.5. The summed E-state index contributed by atoms with van der Waals surface area (Å²) in [6.45, 7) is 1.97. The summed E-state index contributed by atoms with van der Waals surface area (Å²) in [7, 11) is 1.64. The summed E-state index contributed by atoms with van der Waals surface area (Å²) in [6, 6.07) is 8.82. The number of benzene rings is 2. The highest BCUT2D eigenvalue weighted by molar-refractivity contribution is 5.47. The van der Waals surface area contributed by atoms with Crippen LogP contribution >= 0.6 is 0 Å². The first kappa shape index (κ1) is 16.9. The Morgan fingerprint density at radius 3 is 2.42 bits per heavy atom. The number of rotatable bonds is 4. The highest BCUT2D eigenvalue weighted by Crippen LogP contribution is 2.39. The van der Waals surface area contributed by atoms with E-state index < -0.39 is 11.6 Å². The summed E-state index contributed by atoms with van der Waals surface area (Å²) in [4.78, 5) is 0.